The molecule has 3 heteroatoms. The van der Waals surface area contributed by atoms with Gasteiger partial charge in [-0.2, -0.15) is 11.3 Å². The number of rotatable bonds is 6. The number of nitrogens with one attached hydrogen (secondary N) is 1. The fraction of sp³-hybridized carbons (Fsp3) is 0.412. The fourth-order valence-electron chi connectivity index (χ4n) is 2.72. The Bertz CT molecular complexity index is 552. The average molecular weight is 287 g/mol. The van der Waals surface area contributed by atoms with Crippen molar-refractivity contribution >= 4 is 11.3 Å². The summed E-state index contributed by atoms with van der Waals surface area (Å²) in [5.41, 5.74) is 2.81. The van der Waals surface area contributed by atoms with E-state index in [0.29, 0.717) is 6.04 Å². The van der Waals surface area contributed by atoms with E-state index in [2.05, 4.69) is 47.3 Å². The van der Waals surface area contributed by atoms with Gasteiger partial charge in [-0.05, 0) is 71.8 Å². The lowest BCUT2D eigenvalue weighted by molar-refractivity contribution is 0.413. The van der Waals surface area contributed by atoms with E-state index in [1.54, 1.807) is 18.4 Å². The molecule has 1 fully saturated rings. The van der Waals surface area contributed by atoms with E-state index in [1.165, 1.54) is 17.5 Å². The summed E-state index contributed by atoms with van der Waals surface area (Å²) in [5, 5.41) is 8.12. The molecule has 1 heterocycles. The molecule has 2 aromatic rings. The third-order valence-corrected chi connectivity index (χ3v) is 4.88. The highest BCUT2D eigenvalue weighted by Crippen LogP contribution is 2.47. The lowest BCUT2D eigenvalue weighted by atomic mass is 10.1. The van der Waals surface area contributed by atoms with Gasteiger partial charge in [-0.1, -0.05) is 12.1 Å². The minimum absolute atomic E-state index is 0.369. The Morgan fingerprint density at radius 1 is 1.40 bits per heavy atom. The maximum absolute atomic E-state index is 5.28. The normalized spacial score (nSPS) is 22.5. The van der Waals surface area contributed by atoms with Crippen LogP contribution in [0.25, 0.3) is 0 Å². The van der Waals surface area contributed by atoms with Gasteiger partial charge in [-0.15, -0.1) is 0 Å². The Morgan fingerprint density at radius 3 is 3.05 bits per heavy atom. The van der Waals surface area contributed by atoms with Crippen LogP contribution >= 0.6 is 11.3 Å². The molecule has 1 aliphatic rings. The summed E-state index contributed by atoms with van der Waals surface area (Å²) in [5.74, 6) is 2.52. The minimum Gasteiger partial charge on any atom is -0.497 e. The Labute approximate surface area is 124 Å². The first-order valence-corrected chi connectivity index (χ1v) is 8.11. The molecule has 2 nitrogen and oxygen atoms in total. The Morgan fingerprint density at radius 2 is 2.30 bits per heavy atom. The molecule has 1 aliphatic carbocycles. The van der Waals surface area contributed by atoms with E-state index in [0.717, 1.165) is 24.1 Å². The molecule has 3 atom stereocenters. The molecule has 20 heavy (non-hydrogen) atoms. The zero-order valence-corrected chi connectivity index (χ0v) is 12.8. The molecule has 1 aromatic carbocycles. The zero-order valence-electron chi connectivity index (χ0n) is 12.0. The minimum atomic E-state index is 0.369. The third-order valence-electron chi connectivity index (χ3n) is 4.17. The Kier molecular flexibility index (Phi) is 4.08. The quantitative estimate of drug-likeness (QED) is 0.859. The lowest BCUT2D eigenvalue weighted by Gasteiger charge is -2.15. The van der Waals surface area contributed by atoms with Crippen LogP contribution in [0.2, 0.25) is 0 Å². The highest BCUT2D eigenvalue weighted by atomic mass is 32.1. The van der Waals surface area contributed by atoms with Gasteiger partial charge in [0.1, 0.15) is 5.75 Å². The van der Waals surface area contributed by atoms with E-state index in [4.69, 9.17) is 4.74 Å². The molecule has 106 valence electrons. The highest BCUT2D eigenvalue weighted by molar-refractivity contribution is 7.08. The van der Waals surface area contributed by atoms with Crippen LogP contribution in [0.4, 0.5) is 0 Å². The number of thiophene rings is 1. The Hall–Kier alpha value is -1.32. The van der Waals surface area contributed by atoms with Gasteiger partial charge in [-0.25, -0.2) is 0 Å². The SMILES string of the molecule is COc1cccc([C@@H](C)NCC2CC2c2ccsc2)c1. The molecule has 0 spiro atoms. The van der Waals surface area contributed by atoms with Crippen LogP contribution in [-0.4, -0.2) is 13.7 Å². The van der Waals surface area contributed by atoms with Crippen LogP contribution < -0.4 is 10.1 Å². The number of methoxy groups -OCH3 is 1. The van der Waals surface area contributed by atoms with Crippen molar-refractivity contribution in [1.29, 1.82) is 0 Å². The van der Waals surface area contributed by atoms with Crippen molar-refractivity contribution in [3.05, 3.63) is 52.2 Å². The van der Waals surface area contributed by atoms with Crippen LogP contribution in [0.1, 0.15) is 36.4 Å². The van der Waals surface area contributed by atoms with Crippen LogP contribution in [0.5, 0.6) is 5.75 Å². The summed E-state index contributed by atoms with van der Waals surface area (Å²) < 4.78 is 5.28. The van der Waals surface area contributed by atoms with Crippen LogP contribution in [0.3, 0.4) is 0 Å². The van der Waals surface area contributed by atoms with Gasteiger partial charge in [0.15, 0.2) is 0 Å². The van der Waals surface area contributed by atoms with Crippen molar-refractivity contribution in [2.75, 3.05) is 13.7 Å². The summed E-state index contributed by atoms with van der Waals surface area (Å²) in [6.45, 7) is 3.32. The van der Waals surface area contributed by atoms with Gasteiger partial charge in [0.05, 0.1) is 7.11 Å². The van der Waals surface area contributed by atoms with E-state index >= 15 is 0 Å². The van der Waals surface area contributed by atoms with Gasteiger partial charge in [-0.3, -0.25) is 0 Å². The molecule has 0 radical (unpaired) electrons. The van der Waals surface area contributed by atoms with Crippen molar-refractivity contribution < 1.29 is 4.74 Å². The maximum Gasteiger partial charge on any atom is 0.119 e. The van der Waals surface area contributed by atoms with Crippen LogP contribution in [-0.2, 0) is 0 Å². The second-order valence-electron chi connectivity index (χ2n) is 5.57. The van der Waals surface area contributed by atoms with E-state index in [1.807, 2.05) is 6.07 Å². The molecule has 1 aromatic heterocycles. The smallest absolute Gasteiger partial charge is 0.119 e. The van der Waals surface area contributed by atoms with Gasteiger partial charge in [0.2, 0.25) is 0 Å². The van der Waals surface area contributed by atoms with Gasteiger partial charge in [0.25, 0.3) is 0 Å². The molecular weight excluding hydrogens is 266 g/mol. The first-order chi connectivity index (χ1) is 9.78. The number of hydrogen-bond donors (Lipinski definition) is 1. The first kappa shape index (κ1) is 13.7. The molecule has 3 rings (SSSR count). The number of hydrogen-bond acceptors (Lipinski definition) is 3. The molecule has 0 amide bonds. The number of benzene rings is 1. The average Bonchev–Trinajstić information content (AvgIpc) is 3.06. The maximum atomic E-state index is 5.28. The zero-order chi connectivity index (χ0) is 13.9. The second-order valence-corrected chi connectivity index (χ2v) is 6.35. The monoisotopic (exact) mass is 287 g/mol. The van der Waals surface area contributed by atoms with Gasteiger partial charge in [0, 0.05) is 6.04 Å². The second kappa shape index (κ2) is 5.98. The summed E-state index contributed by atoms with van der Waals surface area (Å²) >= 11 is 1.80. The van der Waals surface area contributed by atoms with Crippen molar-refractivity contribution in [3.63, 3.8) is 0 Å². The van der Waals surface area contributed by atoms with E-state index in [-0.39, 0.29) is 0 Å². The van der Waals surface area contributed by atoms with Crippen LogP contribution in [0, 0.1) is 5.92 Å². The van der Waals surface area contributed by atoms with Crippen molar-refractivity contribution in [3.8, 4) is 5.75 Å². The standard InChI is InChI=1S/C17H21NOS/c1-12(13-4-3-5-16(8-13)19-2)18-10-15-9-17(15)14-6-7-20-11-14/h3-8,11-12,15,17-18H,9-10H2,1-2H3/t12-,15?,17?/m1/s1. The van der Waals surface area contributed by atoms with E-state index < -0.39 is 0 Å². The van der Waals surface area contributed by atoms with Crippen molar-refractivity contribution in [2.45, 2.75) is 25.3 Å². The van der Waals surface area contributed by atoms with Crippen molar-refractivity contribution in [1.82, 2.24) is 5.32 Å². The predicted octanol–water partition coefficient (Wildman–Crippen LogP) is 4.21. The molecule has 0 saturated heterocycles. The largest absolute Gasteiger partial charge is 0.497 e. The molecule has 0 aliphatic heterocycles. The fourth-order valence-corrected chi connectivity index (χ4v) is 3.45. The van der Waals surface area contributed by atoms with E-state index in [9.17, 15) is 0 Å². The lowest BCUT2D eigenvalue weighted by Crippen LogP contribution is -2.21. The molecule has 1 saturated carbocycles. The highest BCUT2D eigenvalue weighted by Gasteiger charge is 2.38. The van der Waals surface area contributed by atoms with Gasteiger partial charge < -0.3 is 10.1 Å². The molecule has 2 unspecified atom stereocenters. The number of ether oxygens (including phenoxy) is 1. The third kappa shape index (κ3) is 3.05. The Balaban J connectivity index is 1.51. The van der Waals surface area contributed by atoms with Gasteiger partial charge >= 0.3 is 0 Å². The topological polar surface area (TPSA) is 21.3 Å². The summed E-state index contributed by atoms with van der Waals surface area (Å²) in [7, 11) is 1.72. The summed E-state index contributed by atoms with van der Waals surface area (Å²) in [6, 6.07) is 10.9. The molecular formula is C17H21NOS. The molecule has 1 N–H and O–H groups in total. The first-order valence-electron chi connectivity index (χ1n) is 7.17. The molecule has 0 bridgehead atoms. The van der Waals surface area contributed by atoms with Crippen LogP contribution in [0.15, 0.2) is 41.1 Å². The van der Waals surface area contributed by atoms with Crippen molar-refractivity contribution in [2.24, 2.45) is 5.92 Å². The summed E-state index contributed by atoms with van der Waals surface area (Å²) in [4.78, 5) is 0. The predicted molar refractivity (Wildman–Crippen MR) is 84.6 cm³/mol. The summed E-state index contributed by atoms with van der Waals surface area (Å²) in [6.07, 6.45) is 1.33.